The number of fused-ring (bicyclic) bond motifs is 1. The van der Waals surface area contributed by atoms with Crippen molar-refractivity contribution < 1.29 is 5.11 Å². The largest absolute Gasteiger partial charge is 0.504 e. The molecule has 0 unspecified atom stereocenters. The van der Waals surface area contributed by atoms with Gasteiger partial charge in [0.1, 0.15) is 5.52 Å². The molecular weight excluding hydrogens is 223 g/mol. The van der Waals surface area contributed by atoms with Crippen molar-refractivity contribution in [1.82, 2.24) is 4.98 Å². The minimum absolute atomic E-state index is 0. The number of pyridine rings is 1. The summed E-state index contributed by atoms with van der Waals surface area (Å²) in [6.07, 6.45) is 1.58. The van der Waals surface area contributed by atoms with Crippen LogP contribution in [0.3, 0.4) is 0 Å². The number of nitrogens with zero attached hydrogens (tertiary/aromatic N) is 1. The second kappa shape index (κ2) is 3.90. The smallest absolute Gasteiger partial charge is 0.165 e. The Labute approximate surface area is 91.9 Å². The first-order chi connectivity index (χ1) is 6.20. The molecule has 5 heteroatoms. The molecule has 3 nitrogen and oxygen atoms in total. The predicted octanol–water partition coefficient (Wildman–Crippen LogP) is 2.60. The third-order valence-corrected chi connectivity index (χ3v) is 2.16. The SMILES string of the molecule is Cl.Nc1cc(Cl)c2cccnc2c1O. The molecule has 0 aliphatic heterocycles. The lowest BCUT2D eigenvalue weighted by molar-refractivity contribution is 0.483. The minimum atomic E-state index is -0.0139. The topological polar surface area (TPSA) is 59.1 Å². The van der Waals surface area contributed by atoms with Gasteiger partial charge in [-0.15, -0.1) is 12.4 Å². The van der Waals surface area contributed by atoms with E-state index in [9.17, 15) is 5.11 Å². The number of aromatic hydroxyl groups is 1. The van der Waals surface area contributed by atoms with Crippen molar-refractivity contribution in [2.24, 2.45) is 0 Å². The normalized spacial score (nSPS) is 9.79. The molecule has 0 aliphatic rings. The summed E-state index contributed by atoms with van der Waals surface area (Å²) < 4.78 is 0. The van der Waals surface area contributed by atoms with Crippen molar-refractivity contribution in [3.8, 4) is 5.75 Å². The fourth-order valence-electron chi connectivity index (χ4n) is 1.21. The van der Waals surface area contributed by atoms with Crippen LogP contribution in [0, 0.1) is 0 Å². The molecule has 0 radical (unpaired) electrons. The van der Waals surface area contributed by atoms with E-state index in [1.54, 1.807) is 18.3 Å². The lowest BCUT2D eigenvalue weighted by Crippen LogP contribution is -1.88. The number of aromatic nitrogens is 1. The van der Waals surface area contributed by atoms with Crippen LogP contribution in [0.5, 0.6) is 5.75 Å². The van der Waals surface area contributed by atoms with Gasteiger partial charge in [0.05, 0.1) is 10.7 Å². The zero-order chi connectivity index (χ0) is 9.42. The molecule has 0 saturated heterocycles. The summed E-state index contributed by atoms with van der Waals surface area (Å²) in [4.78, 5) is 3.99. The molecule has 0 atom stereocenters. The first kappa shape index (κ1) is 10.9. The number of nitrogen functional groups attached to an aromatic ring is 1. The highest BCUT2D eigenvalue weighted by atomic mass is 35.5. The maximum Gasteiger partial charge on any atom is 0.165 e. The maximum absolute atomic E-state index is 9.54. The van der Waals surface area contributed by atoms with Gasteiger partial charge in [-0.05, 0) is 18.2 Å². The second-order valence-electron chi connectivity index (χ2n) is 2.70. The van der Waals surface area contributed by atoms with E-state index in [0.29, 0.717) is 15.9 Å². The Morgan fingerprint density at radius 2 is 2.14 bits per heavy atom. The number of phenolic OH excluding ortho intramolecular Hbond substituents is 1. The van der Waals surface area contributed by atoms with Crippen LogP contribution in [0.4, 0.5) is 5.69 Å². The molecule has 0 spiro atoms. The van der Waals surface area contributed by atoms with Gasteiger partial charge in [0.25, 0.3) is 0 Å². The van der Waals surface area contributed by atoms with Crippen LogP contribution in [0.25, 0.3) is 10.9 Å². The number of hydrogen-bond donors (Lipinski definition) is 2. The molecular formula is C9H8Cl2N2O. The van der Waals surface area contributed by atoms with Gasteiger partial charge in [-0.3, -0.25) is 4.98 Å². The summed E-state index contributed by atoms with van der Waals surface area (Å²) in [7, 11) is 0. The zero-order valence-electron chi connectivity index (χ0n) is 7.07. The van der Waals surface area contributed by atoms with Gasteiger partial charge in [-0.1, -0.05) is 11.6 Å². The summed E-state index contributed by atoms with van der Waals surface area (Å²) in [6.45, 7) is 0. The van der Waals surface area contributed by atoms with Gasteiger partial charge >= 0.3 is 0 Å². The molecule has 1 aromatic heterocycles. The monoisotopic (exact) mass is 230 g/mol. The molecule has 0 bridgehead atoms. The Balaban J connectivity index is 0.000000980. The third kappa shape index (κ3) is 1.56. The molecule has 0 saturated carbocycles. The maximum atomic E-state index is 9.54. The average molecular weight is 231 g/mol. The number of nitrogens with two attached hydrogens (primary N) is 1. The van der Waals surface area contributed by atoms with Gasteiger partial charge in [0.2, 0.25) is 0 Å². The summed E-state index contributed by atoms with van der Waals surface area (Å²) in [5.74, 6) is -0.0139. The van der Waals surface area contributed by atoms with Gasteiger partial charge in [0, 0.05) is 11.6 Å². The average Bonchev–Trinajstić information content (AvgIpc) is 2.15. The van der Waals surface area contributed by atoms with Gasteiger partial charge in [0.15, 0.2) is 5.75 Å². The molecule has 1 heterocycles. The van der Waals surface area contributed by atoms with Crippen LogP contribution in [0.1, 0.15) is 0 Å². The fraction of sp³-hybridized carbons (Fsp3) is 0. The Kier molecular flexibility index (Phi) is 3.03. The molecule has 1 aromatic carbocycles. The van der Waals surface area contributed by atoms with E-state index < -0.39 is 0 Å². The quantitative estimate of drug-likeness (QED) is 0.541. The van der Waals surface area contributed by atoms with Crippen LogP contribution in [0.2, 0.25) is 5.02 Å². The molecule has 2 rings (SSSR count). The third-order valence-electron chi connectivity index (χ3n) is 1.84. The molecule has 14 heavy (non-hydrogen) atoms. The predicted molar refractivity (Wildman–Crippen MR) is 60.1 cm³/mol. The highest BCUT2D eigenvalue weighted by molar-refractivity contribution is 6.36. The number of rotatable bonds is 0. The van der Waals surface area contributed by atoms with Gasteiger partial charge < -0.3 is 10.8 Å². The van der Waals surface area contributed by atoms with E-state index in [2.05, 4.69) is 4.98 Å². The van der Waals surface area contributed by atoms with E-state index in [-0.39, 0.29) is 23.8 Å². The first-order valence-electron chi connectivity index (χ1n) is 3.72. The molecule has 0 amide bonds. The van der Waals surface area contributed by atoms with Crippen molar-refractivity contribution >= 4 is 40.6 Å². The Morgan fingerprint density at radius 3 is 2.86 bits per heavy atom. The Morgan fingerprint density at radius 1 is 1.43 bits per heavy atom. The number of phenols is 1. The fourth-order valence-corrected chi connectivity index (χ4v) is 1.48. The van der Waals surface area contributed by atoms with Crippen molar-refractivity contribution in [3.63, 3.8) is 0 Å². The van der Waals surface area contributed by atoms with E-state index in [1.165, 1.54) is 6.07 Å². The van der Waals surface area contributed by atoms with Crippen LogP contribution in [-0.2, 0) is 0 Å². The van der Waals surface area contributed by atoms with Crippen LogP contribution >= 0.6 is 24.0 Å². The molecule has 0 fully saturated rings. The van der Waals surface area contributed by atoms with Gasteiger partial charge in [-0.2, -0.15) is 0 Å². The van der Waals surface area contributed by atoms with Crippen molar-refractivity contribution in [2.45, 2.75) is 0 Å². The van der Waals surface area contributed by atoms with Crippen molar-refractivity contribution in [2.75, 3.05) is 5.73 Å². The number of anilines is 1. The van der Waals surface area contributed by atoms with Crippen LogP contribution < -0.4 is 5.73 Å². The van der Waals surface area contributed by atoms with Crippen LogP contribution in [0.15, 0.2) is 24.4 Å². The summed E-state index contributed by atoms with van der Waals surface area (Å²) in [6, 6.07) is 5.05. The van der Waals surface area contributed by atoms with E-state index in [1.807, 2.05) is 0 Å². The molecule has 2 aromatic rings. The summed E-state index contributed by atoms with van der Waals surface area (Å²) >= 11 is 5.90. The standard InChI is InChI=1S/C9H7ClN2O.ClH/c10-6-4-7(11)9(13)8-5(6)2-1-3-12-8;/h1-4,13H,11H2;1H. The minimum Gasteiger partial charge on any atom is -0.504 e. The lowest BCUT2D eigenvalue weighted by atomic mass is 10.2. The first-order valence-corrected chi connectivity index (χ1v) is 4.09. The van der Waals surface area contributed by atoms with E-state index in [0.717, 1.165) is 0 Å². The molecule has 0 aliphatic carbocycles. The number of halogens is 2. The van der Waals surface area contributed by atoms with Crippen LogP contribution in [-0.4, -0.2) is 10.1 Å². The zero-order valence-corrected chi connectivity index (χ0v) is 8.64. The Bertz CT molecular complexity index is 474. The van der Waals surface area contributed by atoms with E-state index in [4.69, 9.17) is 17.3 Å². The highest BCUT2D eigenvalue weighted by Gasteiger charge is 2.07. The van der Waals surface area contributed by atoms with Gasteiger partial charge in [-0.25, -0.2) is 0 Å². The Hall–Kier alpha value is -1.19. The summed E-state index contributed by atoms with van der Waals surface area (Å²) in [5, 5.41) is 10.7. The second-order valence-corrected chi connectivity index (χ2v) is 3.10. The van der Waals surface area contributed by atoms with E-state index >= 15 is 0 Å². The molecule has 74 valence electrons. The summed E-state index contributed by atoms with van der Waals surface area (Å²) in [5.41, 5.74) is 6.20. The van der Waals surface area contributed by atoms with Crippen molar-refractivity contribution in [1.29, 1.82) is 0 Å². The number of benzene rings is 1. The van der Waals surface area contributed by atoms with Crippen molar-refractivity contribution in [3.05, 3.63) is 29.4 Å². The number of hydrogen-bond acceptors (Lipinski definition) is 3. The molecule has 3 N–H and O–H groups in total. The lowest BCUT2D eigenvalue weighted by Gasteiger charge is -2.04. The highest BCUT2D eigenvalue weighted by Crippen LogP contribution is 2.34.